The second-order valence-corrected chi connectivity index (χ2v) is 2.94. The number of rotatable bonds is 5. The number of nitro groups is 1. The normalized spacial score (nSPS) is 9.56. The molecule has 0 radical (unpaired) electrons. The van der Waals surface area contributed by atoms with Gasteiger partial charge in [0.1, 0.15) is 19.0 Å². The summed E-state index contributed by atoms with van der Waals surface area (Å²) in [6.45, 7) is 1.59. The summed E-state index contributed by atoms with van der Waals surface area (Å²) in [5, 5.41) is 10.5. The quantitative estimate of drug-likeness (QED) is 0.328. The highest BCUT2D eigenvalue weighted by Crippen LogP contribution is 2.18. The first-order valence-corrected chi connectivity index (χ1v) is 4.60. The maximum Gasteiger partial charge on any atom is 0.302 e. The Bertz CT molecular complexity index is 391. The van der Waals surface area contributed by atoms with Gasteiger partial charge in [0.15, 0.2) is 0 Å². The number of carbonyl (C=O) groups is 1. The average molecular weight is 225 g/mol. The van der Waals surface area contributed by atoms with Crippen LogP contribution >= 0.6 is 0 Å². The highest BCUT2D eigenvalue weighted by Gasteiger charge is 2.05. The molecule has 0 spiro atoms. The number of non-ortho nitro benzene ring substituents is 1. The van der Waals surface area contributed by atoms with E-state index in [2.05, 4.69) is 4.74 Å². The van der Waals surface area contributed by atoms with E-state index in [1.807, 2.05) is 0 Å². The third-order valence-corrected chi connectivity index (χ3v) is 1.69. The Hall–Kier alpha value is -2.11. The Morgan fingerprint density at radius 2 is 2.19 bits per heavy atom. The minimum absolute atomic E-state index is 0.0370. The van der Waals surface area contributed by atoms with Crippen LogP contribution in [0.15, 0.2) is 24.3 Å². The van der Waals surface area contributed by atoms with E-state index in [1.165, 1.54) is 25.1 Å². The van der Waals surface area contributed by atoms with Gasteiger partial charge in [-0.3, -0.25) is 14.9 Å². The largest absolute Gasteiger partial charge is 0.490 e. The maximum atomic E-state index is 10.5. The molecular formula is C10H11NO5. The van der Waals surface area contributed by atoms with Gasteiger partial charge in [0.05, 0.1) is 11.0 Å². The van der Waals surface area contributed by atoms with Gasteiger partial charge in [0.25, 0.3) is 5.69 Å². The number of carbonyl (C=O) groups excluding carboxylic acids is 1. The minimum atomic E-state index is -0.501. The van der Waals surface area contributed by atoms with E-state index in [0.29, 0.717) is 5.75 Å². The summed E-state index contributed by atoms with van der Waals surface area (Å²) in [5.74, 6) is -0.0102. The van der Waals surface area contributed by atoms with Gasteiger partial charge in [-0.1, -0.05) is 6.07 Å². The fourth-order valence-corrected chi connectivity index (χ4v) is 1.03. The molecule has 6 heteroatoms. The number of ether oxygens (including phenoxy) is 2. The van der Waals surface area contributed by atoms with Crippen molar-refractivity contribution in [3.8, 4) is 5.75 Å². The molecule has 0 amide bonds. The third-order valence-electron chi connectivity index (χ3n) is 1.69. The smallest absolute Gasteiger partial charge is 0.302 e. The van der Waals surface area contributed by atoms with Crippen LogP contribution in [-0.4, -0.2) is 24.1 Å². The molecule has 0 aromatic heterocycles. The SMILES string of the molecule is CC(=O)OCCOc1cccc([N+](=O)[O-])c1. The number of esters is 1. The van der Waals surface area contributed by atoms with Crippen LogP contribution in [-0.2, 0) is 9.53 Å². The molecule has 0 saturated carbocycles. The molecule has 1 aromatic rings. The van der Waals surface area contributed by atoms with E-state index in [-0.39, 0.29) is 24.9 Å². The lowest BCUT2D eigenvalue weighted by atomic mass is 10.3. The van der Waals surface area contributed by atoms with Gasteiger partial charge in [-0.15, -0.1) is 0 Å². The van der Waals surface area contributed by atoms with Gasteiger partial charge < -0.3 is 9.47 Å². The van der Waals surface area contributed by atoms with Gasteiger partial charge in [-0.25, -0.2) is 0 Å². The summed E-state index contributed by atoms with van der Waals surface area (Å²) in [5.41, 5.74) is -0.0370. The fraction of sp³-hybridized carbons (Fsp3) is 0.300. The molecule has 6 nitrogen and oxygen atoms in total. The van der Waals surface area contributed by atoms with Crippen LogP contribution in [0, 0.1) is 10.1 Å². The fourth-order valence-electron chi connectivity index (χ4n) is 1.03. The molecule has 0 N–H and O–H groups in total. The van der Waals surface area contributed by atoms with Crippen molar-refractivity contribution in [2.75, 3.05) is 13.2 Å². The van der Waals surface area contributed by atoms with Crippen molar-refractivity contribution in [3.05, 3.63) is 34.4 Å². The zero-order chi connectivity index (χ0) is 12.0. The summed E-state index contributed by atoms with van der Waals surface area (Å²) in [6, 6.07) is 5.81. The van der Waals surface area contributed by atoms with E-state index in [4.69, 9.17) is 4.74 Å². The Morgan fingerprint density at radius 3 is 2.81 bits per heavy atom. The highest BCUT2D eigenvalue weighted by molar-refractivity contribution is 5.65. The third kappa shape index (κ3) is 3.95. The zero-order valence-corrected chi connectivity index (χ0v) is 8.71. The van der Waals surface area contributed by atoms with Crippen LogP contribution in [0.5, 0.6) is 5.75 Å². The molecule has 0 bridgehead atoms. The molecule has 86 valence electrons. The molecular weight excluding hydrogens is 214 g/mol. The Labute approximate surface area is 91.9 Å². The predicted molar refractivity (Wildman–Crippen MR) is 55.2 cm³/mol. The molecule has 0 aliphatic carbocycles. The first-order valence-electron chi connectivity index (χ1n) is 4.60. The first-order chi connectivity index (χ1) is 7.59. The number of hydrogen-bond acceptors (Lipinski definition) is 5. The minimum Gasteiger partial charge on any atom is -0.490 e. The van der Waals surface area contributed by atoms with Gasteiger partial charge in [0.2, 0.25) is 0 Å². The summed E-state index contributed by atoms with van der Waals surface area (Å²) < 4.78 is 9.81. The summed E-state index contributed by atoms with van der Waals surface area (Å²) in [4.78, 5) is 20.4. The summed E-state index contributed by atoms with van der Waals surface area (Å²) in [7, 11) is 0. The number of nitro benzene ring substituents is 1. The summed E-state index contributed by atoms with van der Waals surface area (Å²) in [6.07, 6.45) is 0. The van der Waals surface area contributed by atoms with Crippen LogP contribution in [0.1, 0.15) is 6.92 Å². The van der Waals surface area contributed by atoms with Crippen LogP contribution < -0.4 is 4.74 Å². The van der Waals surface area contributed by atoms with Crippen molar-refractivity contribution in [1.82, 2.24) is 0 Å². The molecule has 16 heavy (non-hydrogen) atoms. The second kappa shape index (κ2) is 5.69. The zero-order valence-electron chi connectivity index (χ0n) is 8.71. The molecule has 0 fully saturated rings. The van der Waals surface area contributed by atoms with Crippen molar-refractivity contribution in [1.29, 1.82) is 0 Å². The lowest BCUT2D eigenvalue weighted by Gasteiger charge is -2.05. The Morgan fingerprint density at radius 1 is 1.44 bits per heavy atom. The van der Waals surface area contributed by atoms with Crippen molar-refractivity contribution >= 4 is 11.7 Å². The van der Waals surface area contributed by atoms with Crippen LogP contribution in [0.4, 0.5) is 5.69 Å². The van der Waals surface area contributed by atoms with E-state index in [9.17, 15) is 14.9 Å². The lowest BCUT2D eigenvalue weighted by Crippen LogP contribution is -2.09. The monoisotopic (exact) mass is 225 g/mol. The van der Waals surface area contributed by atoms with Crippen molar-refractivity contribution in [2.24, 2.45) is 0 Å². The van der Waals surface area contributed by atoms with Crippen molar-refractivity contribution < 1.29 is 19.2 Å². The van der Waals surface area contributed by atoms with E-state index < -0.39 is 4.92 Å². The molecule has 0 heterocycles. The topological polar surface area (TPSA) is 78.7 Å². The molecule has 1 rings (SSSR count). The van der Waals surface area contributed by atoms with Crippen LogP contribution in [0.2, 0.25) is 0 Å². The predicted octanol–water partition coefficient (Wildman–Crippen LogP) is 1.54. The second-order valence-electron chi connectivity index (χ2n) is 2.94. The van der Waals surface area contributed by atoms with Gasteiger partial charge >= 0.3 is 5.97 Å². The summed E-state index contributed by atoms with van der Waals surface area (Å²) >= 11 is 0. The first kappa shape index (κ1) is 12.0. The number of nitrogens with zero attached hydrogens (tertiary/aromatic N) is 1. The molecule has 0 aliphatic heterocycles. The molecule has 1 aromatic carbocycles. The van der Waals surface area contributed by atoms with Crippen LogP contribution in [0.3, 0.4) is 0 Å². The van der Waals surface area contributed by atoms with E-state index >= 15 is 0 Å². The number of hydrogen-bond donors (Lipinski definition) is 0. The molecule has 0 saturated heterocycles. The average Bonchev–Trinajstić information content (AvgIpc) is 2.24. The maximum absolute atomic E-state index is 10.5. The molecule has 0 atom stereocenters. The number of benzene rings is 1. The van der Waals surface area contributed by atoms with E-state index in [0.717, 1.165) is 0 Å². The van der Waals surface area contributed by atoms with Crippen molar-refractivity contribution in [2.45, 2.75) is 6.92 Å². The lowest BCUT2D eigenvalue weighted by molar-refractivity contribution is -0.384. The highest BCUT2D eigenvalue weighted by atomic mass is 16.6. The standard InChI is InChI=1S/C10H11NO5/c1-8(12)15-5-6-16-10-4-2-3-9(7-10)11(13)14/h2-4,7H,5-6H2,1H3. The molecule has 0 aliphatic rings. The Balaban J connectivity index is 2.45. The van der Waals surface area contributed by atoms with Crippen LogP contribution in [0.25, 0.3) is 0 Å². The van der Waals surface area contributed by atoms with Crippen molar-refractivity contribution in [3.63, 3.8) is 0 Å². The Kier molecular flexibility index (Phi) is 4.26. The van der Waals surface area contributed by atoms with Gasteiger partial charge in [-0.2, -0.15) is 0 Å². The van der Waals surface area contributed by atoms with E-state index in [1.54, 1.807) is 6.07 Å². The van der Waals surface area contributed by atoms with Gasteiger partial charge in [-0.05, 0) is 6.07 Å². The van der Waals surface area contributed by atoms with Gasteiger partial charge in [0, 0.05) is 13.0 Å². The molecule has 0 unspecified atom stereocenters.